The molecule has 6 nitrogen and oxygen atoms in total. The molecule has 1 amide bonds. The van der Waals surface area contributed by atoms with E-state index in [1.165, 1.54) is 7.11 Å². The average molecular weight is 375 g/mol. The van der Waals surface area contributed by atoms with E-state index in [-0.39, 0.29) is 11.5 Å². The van der Waals surface area contributed by atoms with Crippen LogP contribution in [0, 0.1) is 5.92 Å². The van der Waals surface area contributed by atoms with Gasteiger partial charge in [-0.25, -0.2) is 9.59 Å². The Morgan fingerprint density at radius 1 is 1.23 bits per heavy atom. The van der Waals surface area contributed by atoms with E-state index in [1.54, 1.807) is 6.92 Å². The van der Waals surface area contributed by atoms with Crippen molar-refractivity contribution in [2.24, 2.45) is 5.92 Å². The van der Waals surface area contributed by atoms with Gasteiger partial charge in [-0.05, 0) is 24.1 Å². The summed E-state index contributed by atoms with van der Waals surface area (Å²) in [6.07, 6.45) is -4.01. The fourth-order valence-corrected chi connectivity index (χ4v) is 2.05. The molecule has 1 rings (SSSR count). The van der Waals surface area contributed by atoms with Gasteiger partial charge in [-0.2, -0.15) is 13.2 Å². The minimum Gasteiger partial charge on any atom is -0.467 e. The molecule has 1 aromatic rings. The number of halogens is 3. The first kappa shape index (κ1) is 21.5. The Labute approximate surface area is 148 Å². The monoisotopic (exact) mass is 375 g/mol. The van der Waals surface area contributed by atoms with E-state index in [4.69, 9.17) is 4.74 Å². The lowest BCUT2D eigenvalue weighted by Crippen LogP contribution is -2.47. The molecular formula is C17H20F3NO5. The maximum atomic E-state index is 12.6. The molecule has 0 saturated carbocycles. The Bertz CT molecular complexity index is 660. The summed E-state index contributed by atoms with van der Waals surface area (Å²) < 4.78 is 47.3. The van der Waals surface area contributed by atoms with Crippen LogP contribution in [0.5, 0.6) is 0 Å². The van der Waals surface area contributed by atoms with Gasteiger partial charge < -0.3 is 14.8 Å². The fraction of sp³-hybridized carbons (Fsp3) is 0.471. The second-order valence-corrected chi connectivity index (χ2v) is 5.61. The van der Waals surface area contributed by atoms with Crippen LogP contribution in [0.1, 0.15) is 36.2 Å². The molecule has 0 aliphatic heterocycles. The maximum absolute atomic E-state index is 12.6. The number of hydrogen-bond acceptors (Lipinski definition) is 5. The van der Waals surface area contributed by atoms with Crippen molar-refractivity contribution in [1.29, 1.82) is 0 Å². The molecule has 0 fully saturated rings. The molecule has 1 N–H and O–H groups in total. The van der Waals surface area contributed by atoms with E-state index in [0.29, 0.717) is 12.5 Å². The zero-order valence-electron chi connectivity index (χ0n) is 14.6. The van der Waals surface area contributed by atoms with Gasteiger partial charge in [-0.3, -0.25) is 4.79 Å². The molecule has 26 heavy (non-hydrogen) atoms. The topological polar surface area (TPSA) is 81.7 Å². The van der Waals surface area contributed by atoms with Gasteiger partial charge >= 0.3 is 18.1 Å². The molecule has 144 valence electrons. The smallest absolute Gasteiger partial charge is 0.416 e. The van der Waals surface area contributed by atoms with Crippen molar-refractivity contribution in [3.63, 3.8) is 0 Å². The van der Waals surface area contributed by atoms with Crippen molar-refractivity contribution < 1.29 is 37.0 Å². The maximum Gasteiger partial charge on any atom is 0.416 e. The van der Waals surface area contributed by atoms with Crippen LogP contribution in [0.25, 0.3) is 0 Å². The molecule has 9 heteroatoms. The van der Waals surface area contributed by atoms with Crippen molar-refractivity contribution in [1.82, 2.24) is 5.32 Å². The van der Waals surface area contributed by atoms with Crippen molar-refractivity contribution in [2.45, 2.75) is 32.5 Å². The average Bonchev–Trinajstić information content (AvgIpc) is 2.62. The molecule has 2 atom stereocenters. The van der Waals surface area contributed by atoms with E-state index < -0.39 is 42.2 Å². The third-order valence-corrected chi connectivity index (χ3v) is 3.74. The van der Waals surface area contributed by atoms with Crippen LogP contribution in [0.15, 0.2) is 24.3 Å². The summed E-state index contributed by atoms with van der Waals surface area (Å²) in [4.78, 5) is 35.4. The van der Waals surface area contributed by atoms with Crippen LogP contribution in [-0.2, 0) is 25.2 Å². The molecule has 0 bridgehead atoms. The Morgan fingerprint density at radius 3 is 2.42 bits per heavy atom. The molecule has 0 saturated heterocycles. The van der Waals surface area contributed by atoms with Gasteiger partial charge in [-0.1, -0.05) is 26.3 Å². The van der Waals surface area contributed by atoms with Crippen LogP contribution in [0.4, 0.5) is 13.2 Å². The van der Waals surface area contributed by atoms with Crippen molar-refractivity contribution in [3.05, 3.63) is 35.4 Å². The Morgan fingerprint density at radius 2 is 1.88 bits per heavy atom. The number of methoxy groups -OCH3 is 1. The molecule has 0 aliphatic carbocycles. The number of carbonyl (C=O) groups excluding carboxylic acids is 3. The van der Waals surface area contributed by atoms with Gasteiger partial charge in [0.2, 0.25) is 0 Å². The molecule has 0 aliphatic rings. The number of ether oxygens (including phenoxy) is 2. The molecule has 0 unspecified atom stereocenters. The van der Waals surface area contributed by atoms with Crippen LogP contribution in [0.2, 0.25) is 0 Å². The summed E-state index contributed by atoms with van der Waals surface area (Å²) in [6, 6.07) is 2.75. The van der Waals surface area contributed by atoms with E-state index in [9.17, 15) is 27.6 Å². The first-order valence-electron chi connectivity index (χ1n) is 7.81. The SMILES string of the molecule is CC[C@@H](C)[C@@H](NC(=O)COC(=O)c1cccc(C(F)(F)F)c1)C(=O)OC. The summed E-state index contributed by atoms with van der Waals surface area (Å²) in [5, 5.41) is 2.39. The number of alkyl halides is 3. The standard InChI is InChI=1S/C17H20F3NO5/c1-4-10(2)14(16(24)25-3)21-13(22)9-26-15(23)11-6-5-7-12(8-11)17(18,19)20/h5-8,10,14H,4,9H2,1-3H3,(H,21,22)/t10-,14-/m1/s1. The second kappa shape index (κ2) is 9.21. The van der Waals surface area contributed by atoms with Crippen LogP contribution < -0.4 is 5.32 Å². The molecule has 0 heterocycles. The van der Waals surface area contributed by atoms with E-state index in [0.717, 1.165) is 18.2 Å². The molecule has 0 radical (unpaired) electrons. The second-order valence-electron chi connectivity index (χ2n) is 5.61. The van der Waals surface area contributed by atoms with Gasteiger partial charge in [0.05, 0.1) is 18.2 Å². The minimum absolute atomic E-state index is 0.217. The number of amides is 1. The molecular weight excluding hydrogens is 355 g/mol. The van der Waals surface area contributed by atoms with Crippen LogP contribution in [-0.4, -0.2) is 37.6 Å². The molecule has 0 aromatic heterocycles. The number of rotatable bonds is 7. The lowest BCUT2D eigenvalue weighted by Gasteiger charge is -2.21. The van der Waals surface area contributed by atoms with Crippen molar-refractivity contribution in [3.8, 4) is 0 Å². The number of hydrogen-bond donors (Lipinski definition) is 1. The lowest BCUT2D eigenvalue weighted by molar-refractivity contribution is -0.147. The predicted octanol–water partition coefficient (Wildman–Crippen LogP) is 2.57. The van der Waals surface area contributed by atoms with Gasteiger partial charge in [0, 0.05) is 0 Å². The third kappa shape index (κ3) is 6.05. The summed E-state index contributed by atoms with van der Waals surface area (Å²) in [6.45, 7) is 2.82. The van der Waals surface area contributed by atoms with Gasteiger partial charge in [0.15, 0.2) is 6.61 Å². The van der Waals surface area contributed by atoms with Crippen LogP contribution in [0.3, 0.4) is 0 Å². The lowest BCUT2D eigenvalue weighted by atomic mass is 9.99. The quantitative estimate of drug-likeness (QED) is 0.741. The van der Waals surface area contributed by atoms with E-state index in [2.05, 4.69) is 10.1 Å². The summed E-state index contributed by atoms with van der Waals surface area (Å²) in [5.74, 6) is -2.70. The van der Waals surface area contributed by atoms with E-state index in [1.807, 2.05) is 6.92 Å². The third-order valence-electron chi connectivity index (χ3n) is 3.74. The minimum atomic E-state index is -4.60. The van der Waals surface area contributed by atoms with Gasteiger partial charge in [-0.15, -0.1) is 0 Å². The van der Waals surface area contributed by atoms with Crippen molar-refractivity contribution >= 4 is 17.8 Å². The zero-order chi connectivity index (χ0) is 19.9. The summed E-state index contributed by atoms with van der Waals surface area (Å²) in [7, 11) is 1.18. The summed E-state index contributed by atoms with van der Waals surface area (Å²) in [5.41, 5.74) is -1.34. The summed E-state index contributed by atoms with van der Waals surface area (Å²) >= 11 is 0. The highest BCUT2D eigenvalue weighted by Crippen LogP contribution is 2.29. The van der Waals surface area contributed by atoms with E-state index >= 15 is 0 Å². The first-order valence-corrected chi connectivity index (χ1v) is 7.81. The van der Waals surface area contributed by atoms with Crippen molar-refractivity contribution in [2.75, 3.05) is 13.7 Å². The Kier molecular flexibility index (Phi) is 7.60. The number of benzene rings is 1. The van der Waals surface area contributed by atoms with Gasteiger partial charge in [0.1, 0.15) is 6.04 Å². The molecule has 1 aromatic carbocycles. The first-order chi connectivity index (χ1) is 12.1. The highest BCUT2D eigenvalue weighted by Gasteiger charge is 2.31. The predicted molar refractivity (Wildman–Crippen MR) is 85.1 cm³/mol. The highest BCUT2D eigenvalue weighted by atomic mass is 19.4. The van der Waals surface area contributed by atoms with Gasteiger partial charge in [0.25, 0.3) is 5.91 Å². The molecule has 0 spiro atoms. The number of nitrogens with one attached hydrogen (secondary N) is 1. The van der Waals surface area contributed by atoms with Crippen LogP contribution >= 0.6 is 0 Å². The normalized spacial score (nSPS) is 13.5. The fourth-order valence-electron chi connectivity index (χ4n) is 2.05. The Balaban J connectivity index is 2.69. The largest absolute Gasteiger partial charge is 0.467 e. The number of carbonyl (C=O) groups is 3. The highest BCUT2D eigenvalue weighted by molar-refractivity contribution is 5.92. The number of esters is 2. The Hall–Kier alpha value is -2.58. The zero-order valence-corrected chi connectivity index (χ0v) is 14.6.